The number of nitrogens with one attached hydrogen (secondary N) is 3. The number of rotatable bonds is 10. The molecule has 26 nitrogen and oxygen atoms in total. The number of carbonyl (C=O) groups is 13. The molecule has 6 unspecified atom stereocenters. The van der Waals surface area contributed by atoms with Gasteiger partial charge in [0.1, 0.15) is 41.8 Å². The van der Waals surface area contributed by atoms with Crippen molar-refractivity contribution < 1.29 is 71.1 Å². The number of piperidine rings is 2. The number of hydrogen-bond donors (Lipinski definition) is 3. The van der Waals surface area contributed by atoms with E-state index < -0.39 is 188 Å². The van der Waals surface area contributed by atoms with Crippen molar-refractivity contribution in [2.75, 3.05) is 109 Å². The molecule has 0 radical (unpaired) electrons. The summed E-state index contributed by atoms with van der Waals surface area (Å²) in [5, 5.41) is 8.18. The highest BCUT2D eigenvalue weighted by Crippen LogP contribution is 2.36. The highest BCUT2D eigenvalue weighted by molar-refractivity contribution is 6.01. The van der Waals surface area contributed by atoms with Gasteiger partial charge in [0.05, 0.1) is 39.0 Å². The molecule has 3 N–H and O–H groups in total. The highest BCUT2D eigenvalue weighted by atomic mass is 19.3. The molecule has 5 fully saturated rings. The van der Waals surface area contributed by atoms with Gasteiger partial charge in [-0.2, -0.15) is 0 Å². The maximum Gasteiger partial charge on any atom is 0.251 e. The van der Waals surface area contributed by atoms with Crippen molar-refractivity contribution in [2.24, 2.45) is 23.7 Å². The molecule has 524 valence electrons. The molecule has 0 aromatic carbocycles. The fraction of sp³-hybridized carbons (Fsp3) is 0.800. The number of likely N-dealkylation sites (tertiary alicyclic amines) is 2. The van der Waals surface area contributed by atoms with E-state index in [9.17, 15) is 61.5 Å². The van der Waals surface area contributed by atoms with Crippen LogP contribution in [0.5, 0.6) is 0 Å². The summed E-state index contributed by atoms with van der Waals surface area (Å²) in [5.74, 6) is -13.5. The summed E-state index contributed by atoms with van der Waals surface area (Å²) in [7, 11) is 10.9. The van der Waals surface area contributed by atoms with E-state index in [0.29, 0.717) is 38.8 Å². The Labute approximate surface area is 548 Å². The minimum atomic E-state index is -3.02. The van der Waals surface area contributed by atoms with Gasteiger partial charge in [0.2, 0.25) is 76.8 Å². The van der Waals surface area contributed by atoms with Crippen molar-refractivity contribution >= 4 is 76.8 Å². The maximum atomic E-state index is 15.3. The van der Waals surface area contributed by atoms with E-state index in [4.69, 9.17) is 0 Å². The standard InChI is InChI=1S/C65H107F2N13O13/c1-15-43(6)55-61(91)73(9)39-53(85)71(7)40-54(86)76(12)47(34-44-23-18-16-19-24-44)59(89)72(8)38-49(81)68-37-52(84)75(11)46(35-51(83)79-31-27-65(66,67)28-32-79)58(88)70-64(25-22-26-64)63(93)78(14)56(42(4)5)62(92)77(13)48(60(90)80-29-20-17-21-30-80)36-50(82)74(10)45(33-41(2)3)57(87)69-55/h41-48,55-56H,15-40H2,1-14H3,(H,68,81)(H,69,87)(H,70,88)/t43-,45?,46?,47?,48?,55?,56?/m0/s1. The molecule has 0 aromatic rings. The minimum absolute atomic E-state index is 0.0466. The molecule has 28 heteroatoms. The quantitative estimate of drug-likeness (QED) is 0.282. The van der Waals surface area contributed by atoms with Crippen molar-refractivity contribution in [3.8, 4) is 0 Å². The molecule has 0 bridgehead atoms. The molecule has 2 aliphatic carbocycles. The van der Waals surface area contributed by atoms with E-state index in [0.717, 1.165) is 63.0 Å². The van der Waals surface area contributed by atoms with E-state index in [1.807, 2.05) is 20.8 Å². The maximum absolute atomic E-state index is 15.3. The number of carbonyl (C=O) groups excluding carboxylic acids is 13. The molecule has 7 atom stereocenters. The molecule has 2 saturated carbocycles. The summed E-state index contributed by atoms with van der Waals surface area (Å²) in [5.41, 5.74) is -1.69. The average Bonchev–Trinajstić information content (AvgIpc) is 0.777. The number of halogens is 2. The Morgan fingerprint density at radius 2 is 1.12 bits per heavy atom. The second kappa shape index (κ2) is 33.9. The summed E-state index contributed by atoms with van der Waals surface area (Å²) in [6.07, 6.45) is 5.36. The third-order valence-corrected chi connectivity index (χ3v) is 19.9. The van der Waals surface area contributed by atoms with Gasteiger partial charge in [0, 0.05) is 95.4 Å². The van der Waals surface area contributed by atoms with Crippen LogP contribution >= 0.6 is 0 Å². The fourth-order valence-corrected chi connectivity index (χ4v) is 13.2. The lowest BCUT2D eigenvalue weighted by molar-refractivity contribution is -0.158. The van der Waals surface area contributed by atoms with E-state index in [1.54, 1.807) is 25.7 Å². The van der Waals surface area contributed by atoms with Crippen molar-refractivity contribution in [1.82, 2.24) is 64.9 Å². The number of alkyl halides is 2. The highest BCUT2D eigenvalue weighted by Gasteiger charge is 2.52. The largest absolute Gasteiger partial charge is 0.345 e. The molecule has 3 aliphatic heterocycles. The number of hydrogen-bond acceptors (Lipinski definition) is 13. The van der Waals surface area contributed by atoms with Crippen LogP contribution in [0.2, 0.25) is 0 Å². The lowest BCUT2D eigenvalue weighted by Gasteiger charge is -2.46. The van der Waals surface area contributed by atoms with Gasteiger partial charge in [-0.05, 0) is 75.0 Å². The van der Waals surface area contributed by atoms with Gasteiger partial charge >= 0.3 is 0 Å². The van der Waals surface area contributed by atoms with Crippen LogP contribution in [0.1, 0.15) is 157 Å². The van der Waals surface area contributed by atoms with Crippen LogP contribution < -0.4 is 16.0 Å². The topological polar surface area (TPSA) is 290 Å². The zero-order chi connectivity index (χ0) is 69.6. The fourth-order valence-electron chi connectivity index (χ4n) is 13.2. The first-order chi connectivity index (χ1) is 43.6. The smallest absolute Gasteiger partial charge is 0.251 e. The Morgan fingerprint density at radius 3 is 1.68 bits per heavy atom. The number of nitrogens with zero attached hydrogens (tertiary/aromatic N) is 10. The third-order valence-electron chi connectivity index (χ3n) is 19.9. The van der Waals surface area contributed by atoms with Crippen molar-refractivity contribution in [2.45, 2.75) is 205 Å². The first kappa shape index (κ1) is 76.7. The summed E-state index contributed by atoms with van der Waals surface area (Å²) >= 11 is 0. The summed E-state index contributed by atoms with van der Waals surface area (Å²) < 4.78 is 28.7. The predicted molar refractivity (Wildman–Crippen MR) is 341 cm³/mol. The SMILES string of the molecule is CC[C@H](C)C1NC(=O)C(CC(C)C)N(C)C(=O)CC(C(=O)N2CCCCC2)N(C)C(=O)C(C(C)C)N(C)C(=O)C2(CCC2)NC(=O)C(CC(=O)N2CCC(F)(F)CC2)N(C)C(=O)CNC(=O)CN(C)C(=O)C(CC2CCCCC2)N(C)C(=O)CN(C)C(=O)CN(C)C1=O. The molecule has 93 heavy (non-hydrogen) atoms. The zero-order valence-corrected chi connectivity index (χ0v) is 57.7. The molecular formula is C65H107F2N13O13. The third kappa shape index (κ3) is 20.0. The monoisotopic (exact) mass is 1320 g/mol. The normalized spacial score (nSPS) is 26.8. The van der Waals surface area contributed by atoms with Crippen LogP contribution in [-0.2, 0) is 62.3 Å². The van der Waals surface area contributed by atoms with Crippen molar-refractivity contribution in [3.63, 3.8) is 0 Å². The Kier molecular flexibility index (Phi) is 27.9. The van der Waals surface area contributed by atoms with Crippen LogP contribution in [0.15, 0.2) is 0 Å². The molecule has 3 saturated heterocycles. The lowest BCUT2D eigenvalue weighted by Crippen LogP contribution is -2.68. The second-order valence-electron chi connectivity index (χ2n) is 27.7. The van der Waals surface area contributed by atoms with Crippen molar-refractivity contribution in [3.05, 3.63) is 0 Å². The predicted octanol–water partition coefficient (Wildman–Crippen LogP) is 1.92. The van der Waals surface area contributed by atoms with Crippen LogP contribution in [-0.4, -0.2) is 282 Å². The summed E-state index contributed by atoms with van der Waals surface area (Å²) in [4.78, 5) is 201. The molecule has 5 rings (SSSR count). The zero-order valence-electron chi connectivity index (χ0n) is 57.7. The van der Waals surface area contributed by atoms with Gasteiger partial charge in [-0.25, -0.2) is 8.78 Å². The van der Waals surface area contributed by atoms with Crippen LogP contribution in [0.3, 0.4) is 0 Å². The first-order valence-electron chi connectivity index (χ1n) is 33.4. The lowest BCUT2D eigenvalue weighted by atomic mass is 9.74. The Morgan fingerprint density at radius 1 is 0.559 bits per heavy atom. The summed E-state index contributed by atoms with van der Waals surface area (Å²) in [6.45, 7) is 8.33. The van der Waals surface area contributed by atoms with Gasteiger partial charge in [-0.3, -0.25) is 62.3 Å². The van der Waals surface area contributed by atoms with Gasteiger partial charge in [0.25, 0.3) is 5.92 Å². The first-order valence-corrected chi connectivity index (χ1v) is 33.4. The van der Waals surface area contributed by atoms with E-state index in [2.05, 4.69) is 16.0 Å². The van der Waals surface area contributed by atoms with E-state index in [-0.39, 0.29) is 50.6 Å². The Bertz CT molecular complexity index is 2710. The number of likely N-dealkylation sites (N-methyl/N-ethyl adjacent to an activating group) is 8. The molecule has 1 spiro atoms. The Hall–Kier alpha value is -7.03. The minimum Gasteiger partial charge on any atom is -0.345 e. The van der Waals surface area contributed by atoms with Gasteiger partial charge < -0.3 is 64.9 Å². The molecule has 5 aliphatic rings. The summed E-state index contributed by atoms with van der Waals surface area (Å²) in [6, 6.07) is -7.91. The van der Waals surface area contributed by atoms with Crippen LogP contribution in [0, 0.1) is 23.7 Å². The van der Waals surface area contributed by atoms with Crippen LogP contribution in [0.4, 0.5) is 8.78 Å². The molecule has 3 heterocycles. The van der Waals surface area contributed by atoms with Gasteiger partial charge in [-0.15, -0.1) is 0 Å². The van der Waals surface area contributed by atoms with Crippen LogP contribution in [0.25, 0.3) is 0 Å². The average molecular weight is 1320 g/mol. The molecule has 0 aromatic heterocycles. The second-order valence-corrected chi connectivity index (χ2v) is 27.7. The number of amides is 13. The Balaban J connectivity index is 1.57. The van der Waals surface area contributed by atoms with Gasteiger partial charge in [0.15, 0.2) is 0 Å². The van der Waals surface area contributed by atoms with E-state index >= 15 is 9.59 Å². The molecular weight excluding hydrogens is 1210 g/mol. The molecule has 13 amide bonds. The van der Waals surface area contributed by atoms with E-state index in [1.165, 1.54) is 76.0 Å². The van der Waals surface area contributed by atoms with Crippen molar-refractivity contribution in [1.29, 1.82) is 0 Å². The van der Waals surface area contributed by atoms with Gasteiger partial charge in [-0.1, -0.05) is 80.1 Å².